The maximum Gasteiger partial charge on any atom is 0.0851 e. The maximum atomic E-state index is 10.6. The van der Waals surface area contributed by atoms with Gasteiger partial charge >= 0.3 is 0 Å². The molecule has 41 heavy (non-hydrogen) atoms. The molecule has 1 atom stereocenters. The van der Waals surface area contributed by atoms with Gasteiger partial charge in [-0.3, -0.25) is 0 Å². The lowest BCUT2D eigenvalue weighted by atomic mass is 9.68. The van der Waals surface area contributed by atoms with E-state index in [1.54, 1.807) is 5.57 Å². The van der Waals surface area contributed by atoms with Gasteiger partial charge in [0.1, 0.15) is 0 Å². The number of nitriles is 1. The van der Waals surface area contributed by atoms with Crippen molar-refractivity contribution < 1.29 is 0 Å². The summed E-state index contributed by atoms with van der Waals surface area (Å²) < 4.78 is 0. The number of fused-ring (bicyclic) bond motifs is 3. The summed E-state index contributed by atoms with van der Waals surface area (Å²) in [4.78, 5) is 2.61. The SMILES string of the molecule is CC(C)C(C#N)(CCCN1CCC(=C2c3ccccc3C=Cc3ccccc32)CC1)c1cccc2ccccc12.Cl. The van der Waals surface area contributed by atoms with E-state index < -0.39 is 5.41 Å². The molecule has 4 aromatic carbocycles. The van der Waals surface area contributed by atoms with Gasteiger partial charge in [0.2, 0.25) is 0 Å². The minimum atomic E-state index is -0.482. The number of nitrogens with zero attached hydrogens (tertiary/aromatic N) is 2. The van der Waals surface area contributed by atoms with Gasteiger partial charge in [-0.1, -0.05) is 123 Å². The second-order valence-electron chi connectivity index (χ2n) is 11.7. The van der Waals surface area contributed by atoms with Gasteiger partial charge in [-0.25, -0.2) is 0 Å². The van der Waals surface area contributed by atoms with Gasteiger partial charge in [0, 0.05) is 13.1 Å². The number of piperidine rings is 1. The number of likely N-dealkylation sites (tertiary alicyclic amines) is 1. The van der Waals surface area contributed by atoms with Crippen molar-refractivity contribution in [3.05, 3.63) is 124 Å². The van der Waals surface area contributed by atoms with Crippen LogP contribution in [0, 0.1) is 17.2 Å². The summed E-state index contributed by atoms with van der Waals surface area (Å²) >= 11 is 0. The first kappa shape index (κ1) is 28.9. The van der Waals surface area contributed by atoms with Gasteiger partial charge < -0.3 is 4.90 Å². The van der Waals surface area contributed by atoms with E-state index in [4.69, 9.17) is 0 Å². The van der Waals surface area contributed by atoms with Gasteiger partial charge in [-0.05, 0) is 82.3 Å². The molecule has 1 aliphatic carbocycles. The van der Waals surface area contributed by atoms with Crippen LogP contribution >= 0.6 is 12.4 Å². The summed E-state index contributed by atoms with van der Waals surface area (Å²) in [7, 11) is 0. The number of hydrogen-bond donors (Lipinski definition) is 0. The van der Waals surface area contributed by atoms with E-state index in [0.29, 0.717) is 0 Å². The van der Waals surface area contributed by atoms with Crippen molar-refractivity contribution in [1.29, 1.82) is 5.26 Å². The first-order valence-electron chi connectivity index (χ1n) is 14.8. The summed E-state index contributed by atoms with van der Waals surface area (Å²) in [6.45, 7) is 7.61. The zero-order valence-electron chi connectivity index (χ0n) is 24.1. The van der Waals surface area contributed by atoms with Gasteiger partial charge in [0.05, 0.1) is 11.5 Å². The molecule has 1 fully saturated rings. The molecule has 0 N–H and O–H groups in total. The highest BCUT2D eigenvalue weighted by molar-refractivity contribution is 5.95. The Morgan fingerprint density at radius 2 is 1.37 bits per heavy atom. The fraction of sp³-hybridized carbons (Fsp3) is 0.289. The first-order valence-corrected chi connectivity index (χ1v) is 14.8. The second-order valence-corrected chi connectivity index (χ2v) is 11.7. The minimum Gasteiger partial charge on any atom is -0.303 e. The van der Waals surface area contributed by atoms with Crippen LogP contribution in [0.1, 0.15) is 67.3 Å². The highest BCUT2D eigenvalue weighted by atomic mass is 35.5. The average molecular weight is 559 g/mol. The van der Waals surface area contributed by atoms with Crippen LogP contribution < -0.4 is 0 Å². The lowest BCUT2D eigenvalue weighted by molar-refractivity contribution is 0.238. The van der Waals surface area contributed by atoms with Gasteiger partial charge in [0.25, 0.3) is 0 Å². The van der Waals surface area contributed by atoms with Crippen molar-refractivity contribution in [3.8, 4) is 6.07 Å². The fourth-order valence-corrected chi connectivity index (χ4v) is 6.92. The Bertz CT molecular complexity index is 1570. The number of benzene rings is 4. The maximum absolute atomic E-state index is 10.6. The molecule has 0 saturated carbocycles. The summed E-state index contributed by atoms with van der Waals surface area (Å²) in [6, 6.07) is 35.4. The summed E-state index contributed by atoms with van der Waals surface area (Å²) in [5.74, 6) is 0.241. The van der Waals surface area contributed by atoms with Gasteiger partial charge in [-0.15, -0.1) is 12.4 Å². The van der Waals surface area contributed by atoms with Crippen LogP contribution in [0.2, 0.25) is 0 Å². The third-order valence-corrected chi connectivity index (χ3v) is 9.22. The molecule has 0 radical (unpaired) electrons. The Hall–Kier alpha value is -3.64. The normalized spacial score (nSPS) is 16.3. The predicted molar refractivity (Wildman–Crippen MR) is 176 cm³/mol. The minimum absolute atomic E-state index is 0. The smallest absolute Gasteiger partial charge is 0.0851 e. The predicted octanol–water partition coefficient (Wildman–Crippen LogP) is 9.54. The largest absolute Gasteiger partial charge is 0.303 e. The van der Waals surface area contributed by atoms with Crippen molar-refractivity contribution >= 4 is 40.9 Å². The van der Waals surface area contributed by atoms with E-state index in [9.17, 15) is 5.26 Å². The molecule has 4 aromatic rings. The second kappa shape index (κ2) is 12.5. The Morgan fingerprint density at radius 3 is 2.00 bits per heavy atom. The zero-order valence-corrected chi connectivity index (χ0v) is 25.0. The number of rotatable bonds is 6. The van der Waals surface area contributed by atoms with E-state index >= 15 is 0 Å². The highest BCUT2D eigenvalue weighted by Gasteiger charge is 2.37. The Morgan fingerprint density at radius 1 is 0.780 bits per heavy atom. The van der Waals surface area contributed by atoms with Crippen molar-refractivity contribution in [3.63, 3.8) is 0 Å². The zero-order chi connectivity index (χ0) is 27.5. The Balaban J connectivity index is 0.00000337. The van der Waals surface area contributed by atoms with Crippen LogP contribution in [-0.2, 0) is 5.41 Å². The van der Waals surface area contributed by atoms with E-state index in [-0.39, 0.29) is 18.3 Å². The van der Waals surface area contributed by atoms with Crippen LogP contribution in [0.5, 0.6) is 0 Å². The summed E-state index contributed by atoms with van der Waals surface area (Å²) in [6.07, 6.45) is 8.62. The topological polar surface area (TPSA) is 27.0 Å². The van der Waals surface area contributed by atoms with Crippen molar-refractivity contribution in [2.45, 2.75) is 44.9 Å². The first-order chi connectivity index (χ1) is 19.6. The quantitative estimate of drug-likeness (QED) is 0.207. The lowest BCUT2D eigenvalue weighted by Gasteiger charge is -2.34. The summed E-state index contributed by atoms with van der Waals surface area (Å²) in [5, 5.41) is 13.0. The lowest BCUT2D eigenvalue weighted by Crippen LogP contribution is -2.35. The molecule has 1 heterocycles. The molecule has 0 bridgehead atoms. The third kappa shape index (κ3) is 5.50. The van der Waals surface area contributed by atoms with Crippen LogP contribution in [0.25, 0.3) is 28.5 Å². The van der Waals surface area contributed by atoms with E-state index in [0.717, 1.165) is 45.3 Å². The van der Waals surface area contributed by atoms with Crippen LogP contribution in [0.3, 0.4) is 0 Å². The average Bonchev–Trinajstić information content (AvgIpc) is 3.16. The van der Waals surface area contributed by atoms with Crippen molar-refractivity contribution in [2.24, 2.45) is 5.92 Å². The number of halogens is 1. The fourth-order valence-electron chi connectivity index (χ4n) is 6.92. The van der Waals surface area contributed by atoms with E-state index in [1.165, 1.54) is 44.2 Å². The molecule has 6 rings (SSSR count). The Labute approximate surface area is 251 Å². The molecular formula is C38H39ClN2. The van der Waals surface area contributed by atoms with E-state index in [1.807, 2.05) is 0 Å². The molecule has 0 amide bonds. The van der Waals surface area contributed by atoms with Gasteiger partial charge in [-0.2, -0.15) is 5.26 Å². The van der Waals surface area contributed by atoms with Crippen molar-refractivity contribution in [1.82, 2.24) is 4.90 Å². The molecule has 1 aliphatic heterocycles. The molecule has 208 valence electrons. The molecular weight excluding hydrogens is 520 g/mol. The molecule has 2 nitrogen and oxygen atoms in total. The van der Waals surface area contributed by atoms with E-state index in [2.05, 4.69) is 128 Å². The molecule has 1 saturated heterocycles. The van der Waals surface area contributed by atoms with Crippen LogP contribution in [0.4, 0.5) is 0 Å². The molecule has 0 aromatic heterocycles. The monoisotopic (exact) mass is 558 g/mol. The number of hydrogen-bond acceptors (Lipinski definition) is 2. The van der Waals surface area contributed by atoms with Crippen molar-refractivity contribution in [2.75, 3.05) is 19.6 Å². The summed E-state index contributed by atoms with van der Waals surface area (Å²) in [5.41, 5.74) is 9.05. The molecule has 2 aliphatic rings. The highest BCUT2D eigenvalue weighted by Crippen LogP contribution is 2.41. The Kier molecular flexibility index (Phi) is 8.79. The van der Waals surface area contributed by atoms with Crippen LogP contribution in [0.15, 0.2) is 96.6 Å². The van der Waals surface area contributed by atoms with Gasteiger partial charge in [0.15, 0.2) is 0 Å². The van der Waals surface area contributed by atoms with Crippen LogP contribution in [-0.4, -0.2) is 24.5 Å². The molecule has 0 spiro atoms. The molecule has 3 heteroatoms. The third-order valence-electron chi connectivity index (χ3n) is 9.22. The standard InChI is InChI=1S/C38H38N2.ClH/c1-28(2)38(27-39,36-18-9-14-29-11-3-6-15-33(29)36)23-10-24-40-25-21-32(22-26-40)37-34-16-7-4-12-30(34)19-20-31-13-5-8-17-35(31)37;/h3-9,11-20,28H,10,21-26H2,1-2H3;1H. The molecule has 1 unspecified atom stereocenters.